The van der Waals surface area contributed by atoms with Gasteiger partial charge in [0.15, 0.2) is 5.11 Å². The molecule has 0 spiro atoms. The Bertz CT molecular complexity index is 844. The number of benzene rings is 1. The maximum atomic E-state index is 12.0. The zero-order valence-electron chi connectivity index (χ0n) is 13.1. The molecule has 1 aromatic heterocycles. The van der Waals surface area contributed by atoms with Gasteiger partial charge in [-0.1, -0.05) is 0 Å². The van der Waals surface area contributed by atoms with E-state index in [0.29, 0.717) is 5.69 Å². The Balaban J connectivity index is 2.04. The number of nitrogens with zero attached hydrogens (tertiary/aromatic N) is 1. The molecule has 3 rings (SSSR count). The average molecular weight is 341 g/mol. The molecule has 1 saturated heterocycles. The van der Waals surface area contributed by atoms with Crippen LogP contribution in [0.3, 0.4) is 0 Å². The topological polar surface area (TPSA) is 72.4 Å². The Kier molecular flexibility index (Phi) is 4.18. The van der Waals surface area contributed by atoms with E-state index in [4.69, 9.17) is 17.0 Å². The highest BCUT2D eigenvalue weighted by atomic mass is 32.1. The molecule has 2 N–H and O–H groups in total. The van der Waals surface area contributed by atoms with E-state index < -0.39 is 11.8 Å². The van der Waals surface area contributed by atoms with Crippen LogP contribution in [0.25, 0.3) is 11.8 Å². The third-order valence-electron chi connectivity index (χ3n) is 3.67. The molecule has 0 bridgehead atoms. The van der Waals surface area contributed by atoms with Gasteiger partial charge in [-0.25, -0.2) is 0 Å². The lowest BCUT2D eigenvalue weighted by atomic mass is 10.1. The number of rotatable bonds is 3. The van der Waals surface area contributed by atoms with Gasteiger partial charge < -0.3 is 9.30 Å². The van der Waals surface area contributed by atoms with E-state index in [1.165, 1.54) is 0 Å². The lowest BCUT2D eigenvalue weighted by molar-refractivity contribution is -0.123. The first-order valence-electron chi connectivity index (χ1n) is 7.20. The minimum atomic E-state index is -0.510. The van der Waals surface area contributed by atoms with Crippen LogP contribution in [0, 0.1) is 6.92 Å². The molecule has 1 aliphatic heterocycles. The summed E-state index contributed by atoms with van der Waals surface area (Å²) in [5.74, 6) is -0.268. The maximum Gasteiger partial charge on any atom is 0.263 e. The fourth-order valence-electron chi connectivity index (χ4n) is 2.51. The number of methoxy groups -OCH3 is 1. The lowest BCUT2D eigenvalue weighted by Crippen LogP contribution is -2.51. The number of nitrogens with one attached hydrogen (secondary N) is 2. The third kappa shape index (κ3) is 2.93. The molecule has 1 aromatic carbocycles. The van der Waals surface area contributed by atoms with Gasteiger partial charge >= 0.3 is 0 Å². The van der Waals surface area contributed by atoms with Gasteiger partial charge in [0.1, 0.15) is 11.3 Å². The zero-order valence-corrected chi connectivity index (χ0v) is 13.9. The normalized spacial score (nSPS) is 14.2. The van der Waals surface area contributed by atoms with E-state index in [2.05, 4.69) is 10.6 Å². The molecule has 2 heterocycles. The lowest BCUT2D eigenvalue weighted by Gasteiger charge is -2.17. The monoisotopic (exact) mass is 341 g/mol. The van der Waals surface area contributed by atoms with Crippen molar-refractivity contribution in [2.75, 3.05) is 7.11 Å². The second-order valence-electron chi connectivity index (χ2n) is 5.23. The molecule has 0 atom stereocenters. The molecule has 2 amide bonds. The molecule has 2 aromatic rings. The largest absolute Gasteiger partial charge is 0.497 e. The molecule has 1 aliphatic rings. The van der Waals surface area contributed by atoms with E-state index in [-0.39, 0.29) is 10.7 Å². The summed E-state index contributed by atoms with van der Waals surface area (Å²) in [7, 11) is 1.61. The summed E-state index contributed by atoms with van der Waals surface area (Å²) in [6.07, 6.45) is 1.55. The van der Waals surface area contributed by atoms with Gasteiger partial charge in [0.2, 0.25) is 0 Å². The standard InChI is InChI=1S/C17H15N3O3S/c1-10-3-4-12(9-14-15(21)18-17(24)19-16(14)22)20(10)11-5-7-13(23-2)8-6-11/h3-9H,1-2H3,(H2,18,19,21,22,24). The first-order valence-corrected chi connectivity index (χ1v) is 7.61. The summed E-state index contributed by atoms with van der Waals surface area (Å²) in [5.41, 5.74) is 2.60. The van der Waals surface area contributed by atoms with Crippen molar-refractivity contribution in [3.8, 4) is 11.4 Å². The first-order chi connectivity index (χ1) is 11.5. The van der Waals surface area contributed by atoms with Crippen LogP contribution < -0.4 is 15.4 Å². The molecule has 7 heteroatoms. The van der Waals surface area contributed by atoms with E-state index in [9.17, 15) is 9.59 Å². The quantitative estimate of drug-likeness (QED) is 0.506. The first kappa shape index (κ1) is 15.9. The Hall–Kier alpha value is -2.93. The summed E-state index contributed by atoms with van der Waals surface area (Å²) < 4.78 is 7.11. The van der Waals surface area contributed by atoms with Crippen molar-refractivity contribution < 1.29 is 14.3 Å². The van der Waals surface area contributed by atoms with Gasteiger partial charge in [-0.3, -0.25) is 20.2 Å². The van der Waals surface area contributed by atoms with Crippen molar-refractivity contribution in [2.45, 2.75) is 6.92 Å². The van der Waals surface area contributed by atoms with Crippen molar-refractivity contribution in [1.82, 2.24) is 15.2 Å². The van der Waals surface area contributed by atoms with Crippen molar-refractivity contribution in [3.05, 3.63) is 53.4 Å². The maximum absolute atomic E-state index is 12.0. The van der Waals surface area contributed by atoms with E-state index in [1.54, 1.807) is 13.2 Å². The molecule has 0 unspecified atom stereocenters. The second kappa shape index (κ2) is 6.29. The molecule has 24 heavy (non-hydrogen) atoms. The number of amides is 2. The van der Waals surface area contributed by atoms with Crippen LogP contribution in [-0.2, 0) is 9.59 Å². The summed E-state index contributed by atoms with van der Waals surface area (Å²) in [6.45, 7) is 1.95. The predicted molar refractivity (Wildman–Crippen MR) is 93.9 cm³/mol. The fourth-order valence-corrected chi connectivity index (χ4v) is 2.69. The summed E-state index contributed by atoms with van der Waals surface area (Å²) in [6, 6.07) is 11.3. The van der Waals surface area contributed by atoms with Crippen molar-refractivity contribution in [3.63, 3.8) is 0 Å². The van der Waals surface area contributed by atoms with Gasteiger partial charge in [0.25, 0.3) is 11.8 Å². The van der Waals surface area contributed by atoms with Gasteiger partial charge in [-0.05, 0) is 61.6 Å². The Morgan fingerprint density at radius 2 is 1.67 bits per heavy atom. The minimum absolute atomic E-state index is 0.0106. The molecule has 122 valence electrons. The molecule has 6 nitrogen and oxygen atoms in total. The van der Waals surface area contributed by atoms with Gasteiger partial charge in [-0.15, -0.1) is 0 Å². The number of hydrogen-bond acceptors (Lipinski definition) is 4. The number of ether oxygens (including phenoxy) is 1. The minimum Gasteiger partial charge on any atom is -0.497 e. The number of carbonyl (C=O) groups is 2. The molecule has 0 radical (unpaired) electrons. The number of aryl methyl sites for hydroxylation is 1. The predicted octanol–water partition coefficient (Wildman–Crippen LogP) is 1.71. The van der Waals surface area contributed by atoms with E-state index >= 15 is 0 Å². The van der Waals surface area contributed by atoms with Gasteiger partial charge in [0.05, 0.1) is 7.11 Å². The van der Waals surface area contributed by atoms with Crippen molar-refractivity contribution >= 4 is 35.2 Å². The van der Waals surface area contributed by atoms with Crippen LogP contribution in [0.1, 0.15) is 11.4 Å². The fraction of sp³-hybridized carbons (Fsp3) is 0.118. The summed E-state index contributed by atoms with van der Waals surface area (Å²) in [4.78, 5) is 24.0. The molecular weight excluding hydrogens is 326 g/mol. The van der Waals surface area contributed by atoms with Crippen molar-refractivity contribution in [2.24, 2.45) is 0 Å². The molecule has 0 aliphatic carbocycles. The molecule has 0 saturated carbocycles. The zero-order chi connectivity index (χ0) is 17.3. The average Bonchev–Trinajstić information content (AvgIpc) is 2.91. The van der Waals surface area contributed by atoms with Crippen molar-refractivity contribution in [1.29, 1.82) is 0 Å². The van der Waals surface area contributed by atoms with E-state index in [1.807, 2.05) is 47.9 Å². The highest BCUT2D eigenvalue weighted by Crippen LogP contribution is 2.22. The molecular formula is C17H15N3O3S. The third-order valence-corrected chi connectivity index (χ3v) is 3.88. The van der Waals surface area contributed by atoms with Crippen LogP contribution in [-0.4, -0.2) is 28.6 Å². The van der Waals surface area contributed by atoms with Crippen LogP contribution in [0.2, 0.25) is 0 Å². The number of thiocarbonyl (C=S) groups is 1. The highest BCUT2D eigenvalue weighted by Gasteiger charge is 2.26. The van der Waals surface area contributed by atoms with Crippen LogP contribution in [0.5, 0.6) is 5.75 Å². The van der Waals surface area contributed by atoms with Crippen LogP contribution >= 0.6 is 12.2 Å². The number of hydrogen-bond donors (Lipinski definition) is 2. The Labute approximate surface area is 144 Å². The highest BCUT2D eigenvalue weighted by molar-refractivity contribution is 7.80. The molecule has 1 fully saturated rings. The van der Waals surface area contributed by atoms with Gasteiger partial charge in [-0.2, -0.15) is 0 Å². The van der Waals surface area contributed by atoms with Crippen LogP contribution in [0.4, 0.5) is 0 Å². The smallest absolute Gasteiger partial charge is 0.263 e. The van der Waals surface area contributed by atoms with E-state index in [0.717, 1.165) is 17.1 Å². The second-order valence-corrected chi connectivity index (χ2v) is 5.64. The Morgan fingerprint density at radius 3 is 2.25 bits per heavy atom. The number of aromatic nitrogens is 1. The van der Waals surface area contributed by atoms with Crippen LogP contribution in [0.15, 0.2) is 42.0 Å². The summed E-state index contributed by atoms with van der Waals surface area (Å²) in [5, 5.41) is 4.87. The summed E-state index contributed by atoms with van der Waals surface area (Å²) >= 11 is 4.80. The SMILES string of the molecule is COc1ccc(-n2c(C)ccc2C=C2C(=O)NC(=S)NC2=O)cc1. The van der Waals surface area contributed by atoms with Gasteiger partial charge in [0, 0.05) is 17.1 Å². The number of carbonyl (C=O) groups excluding carboxylic acids is 2. The Morgan fingerprint density at radius 1 is 1.04 bits per heavy atom.